The van der Waals surface area contributed by atoms with E-state index in [1.54, 1.807) is 6.07 Å². The number of hydrogen-bond acceptors (Lipinski definition) is 6. The molecule has 0 bridgehead atoms. The lowest BCUT2D eigenvalue weighted by molar-refractivity contribution is 0.211. The molecule has 0 saturated heterocycles. The van der Waals surface area contributed by atoms with Gasteiger partial charge < -0.3 is 4.52 Å². The Kier molecular flexibility index (Phi) is 5.16. The van der Waals surface area contributed by atoms with Gasteiger partial charge in [0.05, 0.1) is 0 Å². The van der Waals surface area contributed by atoms with Gasteiger partial charge in [0.15, 0.2) is 5.75 Å². The molecule has 0 radical (unpaired) electrons. The molecule has 0 aliphatic carbocycles. The van der Waals surface area contributed by atoms with Crippen LogP contribution < -0.4 is 4.52 Å². The van der Waals surface area contributed by atoms with Gasteiger partial charge in [-0.15, -0.1) is 11.3 Å². The average molecular weight is 275 g/mol. The summed E-state index contributed by atoms with van der Waals surface area (Å²) in [5, 5.41) is 8.95. The van der Waals surface area contributed by atoms with Crippen molar-refractivity contribution in [2.75, 3.05) is 14.2 Å². The molecule has 0 spiro atoms. The Labute approximate surface area is 105 Å². The van der Waals surface area contributed by atoms with E-state index in [4.69, 9.17) is 9.79 Å². The van der Waals surface area contributed by atoms with Gasteiger partial charge in [-0.1, -0.05) is 13.3 Å². The summed E-state index contributed by atoms with van der Waals surface area (Å²) < 4.78 is 26.3. The molecule has 0 unspecified atom stereocenters. The van der Waals surface area contributed by atoms with Crippen LogP contribution in [-0.2, 0) is 20.0 Å². The van der Waals surface area contributed by atoms with Crippen LogP contribution in [-0.4, -0.2) is 14.2 Å². The molecule has 94 valence electrons. The van der Waals surface area contributed by atoms with Crippen LogP contribution in [0.25, 0.3) is 0 Å². The Morgan fingerprint density at radius 2 is 2.12 bits per heavy atom. The minimum atomic E-state index is -3.59. The van der Waals surface area contributed by atoms with Crippen LogP contribution in [0.4, 0.5) is 0 Å². The zero-order valence-corrected chi connectivity index (χ0v) is 11.6. The van der Waals surface area contributed by atoms with E-state index in [0.29, 0.717) is 4.88 Å². The highest BCUT2D eigenvalue weighted by molar-refractivity contribution is 7.48. The lowest BCUT2D eigenvalue weighted by Gasteiger charge is -2.12. The monoisotopic (exact) mass is 275 g/mol. The van der Waals surface area contributed by atoms with E-state index in [-0.39, 0.29) is 5.75 Å². The first-order chi connectivity index (χ1) is 8.08. The molecule has 1 aromatic rings. The minimum absolute atomic E-state index is 0.257. The second-order valence-corrected chi connectivity index (χ2v) is 6.12. The van der Waals surface area contributed by atoms with E-state index < -0.39 is 7.82 Å². The summed E-state index contributed by atoms with van der Waals surface area (Å²) in [6.07, 6.45) is 1.82. The van der Waals surface area contributed by atoms with Crippen molar-refractivity contribution in [3.63, 3.8) is 0 Å². The lowest BCUT2D eigenvalue weighted by atomic mass is 10.3. The zero-order chi connectivity index (χ0) is 12.9. The number of phosphoric acid groups is 1. The molecule has 0 amide bonds. The molecular weight excluding hydrogens is 261 g/mol. The molecule has 0 aromatic carbocycles. The molecule has 1 rings (SSSR count). The van der Waals surface area contributed by atoms with Gasteiger partial charge in [-0.25, -0.2) is 4.57 Å². The van der Waals surface area contributed by atoms with Crippen molar-refractivity contribution in [1.82, 2.24) is 0 Å². The third kappa shape index (κ3) is 3.55. The Morgan fingerprint density at radius 1 is 1.47 bits per heavy atom. The maximum atomic E-state index is 11.8. The van der Waals surface area contributed by atoms with Crippen LogP contribution in [0.1, 0.15) is 23.1 Å². The highest BCUT2D eigenvalue weighted by Crippen LogP contribution is 2.49. The number of rotatable bonds is 6. The van der Waals surface area contributed by atoms with E-state index in [9.17, 15) is 4.57 Å². The van der Waals surface area contributed by atoms with Crippen LogP contribution in [0.15, 0.2) is 6.07 Å². The largest absolute Gasteiger partial charge is 0.529 e. The molecule has 7 heteroatoms. The van der Waals surface area contributed by atoms with E-state index in [0.717, 1.165) is 17.7 Å². The van der Waals surface area contributed by atoms with Gasteiger partial charge in [-0.3, -0.25) is 9.05 Å². The molecule has 1 heterocycles. The molecule has 1 aromatic heterocycles. The van der Waals surface area contributed by atoms with Crippen LogP contribution >= 0.6 is 19.2 Å². The summed E-state index contributed by atoms with van der Waals surface area (Å²) in [7, 11) is -1.13. The van der Waals surface area contributed by atoms with Crippen molar-refractivity contribution in [2.24, 2.45) is 0 Å². The van der Waals surface area contributed by atoms with Gasteiger partial charge in [-0.05, 0) is 12.5 Å². The molecule has 5 nitrogen and oxygen atoms in total. The molecule has 17 heavy (non-hydrogen) atoms. The Hall–Kier alpha value is -0.860. The summed E-state index contributed by atoms with van der Waals surface area (Å²) in [4.78, 5) is 1.39. The highest BCUT2D eigenvalue weighted by Gasteiger charge is 2.27. The number of aryl methyl sites for hydroxylation is 1. The van der Waals surface area contributed by atoms with Crippen LogP contribution in [0.5, 0.6) is 5.75 Å². The Morgan fingerprint density at radius 3 is 2.59 bits per heavy atom. The van der Waals surface area contributed by atoms with E-state index in [1.165, 1.54) is 25.6 Å². The van der Waals surface area contributed by atoms with Crippen LogP contribution in [0, 0.1) is 11.3 Å². The smallest absolute Gasteiger partial charge is 0.402 e. The molecule has 0 fully saturated rings. The molecule has 0 saturated carbocycles. The lowest BCUT2D eigenvalue weighted by Crippen LogP contribution is -1.97. The molecular formula is C10H14NO4PS. The first-order valence-corrected chi connectivity index (χ1v) is 7.30. The highest BCUT2D eigenvalue weighted by atomic mass is 32.1. The molecule has 0 N–H and O–H groups in total. The minimum Gasteiger partial charge on any atom is -0.402 e. The summed E-state index contributed by atoms with van der Waals surface area (Å²) >= 11 is 1.33. The third-order valence-corrected chi connectivity index (χ3v) is 4.40. The predicted octanol–water partition coefficient (Wildman–Crippen LogP) is 3.35. The quantitative estimate of drug-likeness (QED) is 0.745. The van der Waals surface area contributed by atoms with Crippen molar-refractivity contribution in [1.29, 1.82) is 5.26 Å². The first kappa shape index (κ1) is 14.2. The summed E-state index contributed by atoms with van der Waals surface area (Å²) in [6, 6.07) is 3.71. The summed E-state index contributed by atoms with van der Waals surface area (Å²) in [6.45, 7) is 2.04. The summed E-state index contributed by atoms with van der Waals surface area (Å²) in [5.41, 5.74) is 0. The topological polar surface area (TPSA) is 68.6 Å². The number of nitrogens with zero attached hydrogens (tertiary/aromatic N) is 1. The first-order valence-electron chi connectivity index (χ1n) is 5.02. The fourth-order valence-corrected chi connectivity index (χ4v) is 2.93. The standard InChI is InChI=1S/C10H14NO4PS/c1-4-5-8-6-9(10(7-11)17-8)15-16(12,13-2)14-3/h6H,4-5H2,1-3H3. The number of phosphoric ester groups is 1. The second kappa shape index (κ2) is 6.18. The molecule has 0 aliphatic heterocycles. The van der Waals surface area contributed by atoms with Gasteiger partial charge in [0.25, 0.3) is 0 Å². The van der Waals surface area contributed by atoms with E-state index in [1.807, 2.05) is 13.0 Å². The summed E-state index contributed by atoms with van der Waals surface area (Å²) in [5.74, 6) is 0.257. The second-order valence-electron chi connectivity index (χ2n) is 3.17. The number of thiophene rings is 1. The Balaban J connectivity index is 2.98. The SMILES string of the molecule is CCCc1cc(OP(=O)(OC)OC)c(C#N)s1. The van der Waals surface area contributed by atoms with Crippen molar-refractivity contribution in [2.45, 2.75) is 19.8 Å². The van der Waals surface area contributed by atoms with Crippen molar-refractivity contribution >= 4 is 19.2 Å². The maximum Gasteiger partial charge on any atom is 0.529 e. The van der Waals surface area contributed by atoms with E-state index >= 15 is 0 Å². The van der Waals surface area contributed by atoms with Gasteiger partial charge in [0.2, 0.25) is 0 Å². The van der Waals surface area contributed by atoms with Gasteiger partial charge >= 0.3 is 7.82 Å². The predicted molar refractivity (Wildman–Crippen MR) is 65.3 cm³/mol. The van der Waals surface area contributed by atoms with Crippen LogP contribution in [0.3, 0.4) is 0 Å². The fourth-order valence-electron chi connectivity index (χ4n) is 1.21. The third-order valence-electron chi connectivity index (χ3n) is 2.00. The van der Waals surface area contributed by atoms with Crippen molar-refractivity contribution < 1.29 is 18.1 Å². The van der Waals surface area contributed by atoms with Gasteiger partial charge in [0.1, 0.15) is 10.9 Å². The fraction of sp³-hybridized carbons (Fsp3) is 0.500. The molecule has 0 aliphatic rings. The van der Waals surface area contributed by atoms with Crippen LogP contribution in [0.2, 0.25) is 0 Å². The maximum absolute atomic E-state index is 11.8. The van der Waals surface area contributed by atoms with Gasteiger partial charge in [-0.2, -0.15) is 5.26 Å². The molecule has 0 atom stereocenters. The van der Waals surface area contributed by atoms with E-state index in [2.05, 4.69) is 9.05 Å². The number of hydrogen-bond donors (Lipinski definition) is 0. The Bertz CT molecular complexity index is 457. The zero-order valence-electron chi connectivity index (χ0n) is 9.93. The van der Waals surface area contributed by atoms with Gasteiger partial charge in [0, 0.05) is 19.1 Å². The average Bonchev–Trinajstić information content (AvgIpc) is 2.71. The van der Waals surface area contributed by atoms with Crippen molar-refractivity contribution in [3.8, 4) is 11.8 Å². The number of nitriles is 1. The van der Waals surface area contributed by atoms with Crippen molar-refractivity contribution in [3.05, 3.63) is 15.8 Å². The normalized spacial score (nSPS) is 11.2.